The summed E-state index contributed by atoms with van der Waals surface area (Å²) in [7, 11) is 1.70. The molecule has 4 atom stereocenters. The summed E-state index contributed by atoms with van der Waals surface area (Å²) in [6, 6.07) is 9.11. The number of hydrogen-bond donors (Lipinski definition) is 1. The van der Waals surface area contributed by atoms with Crippen LogP contribution in [0.15, 0.2) is 36.7 Å². The molecule has 1 aliphatic rings. The third-order valence-corrected chi connectivity index (χ3v) is 5.85. The van der Waals surface area contributed by atoms with Crippen molar-refractivity contribution in [1.82, 2.24) is 19.5 Å². The van der Waals surface area contributed by atoms with Crippen molar-refractivity contribution in [3.8, 4) is 0 Å². The molecule has 35 heavy (non-hydrogen) atoms. The number of halogens is 1. The van der Waals surface area contributed by atoms with Crippen molar-refractivity contribution in [2.45, 2.75) is 57.7 Å². The van der Waals surface area contributed by atoms with Gasteiger partial charge in [-0.2, -0.15) is 0 Å². The van der Waals surface area contributed by atoms with Crippen molar-refractivity contribution in [3.63, 3.8) is 0 Å². The number of ether oxygens (including phenoxy) is 3. The second-order valence-corrected chi connectivity index (χ2v) is 8.48. The van der Waals surface area contributed by atoms with E-state index in [2.05, 4.69) is 20.3 Å². The van der Waals surface area contributed by atoms with E-state index < -0.39 is 36.0 Å². The molecule has 1 aliphatic heterocycles. The molecule has 1 aromatic carbocycles. The number of benzene rings is 1. The molecule has 10 nitrogen and oxygen atoms in total. The van der Waals surface area contributed by atoms with E-state index in [0.29, 0.717) is 22.8 Å². The number of carbonyl (C=O) groups is 2. The van der Waals surface area contributed by atoms with Crippen molar-refractivity contribution < 1.29 is 28.2 Å². The standard InChI is InChI=1S/C24H28FN5O5/c1-5-17(31)35-20-16(12-33-18(32)11-15-9-7-6-8-10-15)34-23(24(20,3)25)30-13-27-19-21(26-4)28-14(2)29-22(19)30/h6-10,13,16,20,23H,5,11-12H2,1-4H3,(H,26,28,29)/t16-,20-,23-,24-/m1/s1. The third kappa shape index (κ3) is 4.95. The van der Waals surface area contributed by atoms with Gasteiger partial charge in [-0.1, -0.05) is 37.3 Å². The average Bonchev–Trinajstić information content (AvgIpc) is 3.35. The summed E-state index contributed by atoms with van der Waals surface area (Å²) in [4.78, 5) is 37.5. The largest absolute Gasteiger partial charge is 0.463 e. The maximum atomic E-state index is 16.3. The van der Waals surface area contributed by atoms with Crippen molar-refractivity contribution in [1.29, 1.82) is 0 Å². The molecule has 1 saturated heterocycles. The van der Waals surface area contributed by atoms with Crippen LogP contribution in [0.3, 0.4) is 0 Å². The van der Waals surface area contributed by atoms with Gasteiger partial charge in [0.15, 0.2) is 35.0 Å². The maximum absolute atomic E-state index is 16.3. The van der Waals surface area contributed by atoms with E-state index in [-0.39, 0.29) is 19.4 Å². The number of esters is 2. The van der Waals surface area contributed by atoms with Crippen LogP contribution in [0.5, 0.6) is 0 Å². The smallest absolute Gasteiger partial charge is 0.310 e. The number of carbonyl (C=O) groups excluding carboxylic acids is 2. The SMILES string of the molecule is CCC(=O)O[C@@H]1[C@@H](COC(=O)Cc2ccccc2)O[C@@H](n2cnc3c(NC)nc(C)nc32)[C@]1(C)F. The fourth-order valence-corrected chi connectivity index (χ4v) is 4.11. The molecule has 4 rings (SSSR count). The van der Waals surface area contributed by atoms with E-state index >= 15 is 4.39 Å². The van der Waals surface area contributed by atoms with Crippen molar-refractivity contribution in [2.75, 3.05) is 19.0 Å². The van der Waals surface area contributed by atoms with Gasteiger partial charge >= 0.3 is 11.9 Å². The van der Waals surface area contributed by atoms with Gasteiger partial charge in [-0.3, -0.25) is 14.2 Å². The fourth-order valence-electron chi connectivity index (χ4n) is 4.11. The zero-order chi connectivity index (χ0) is 25.2. The molecule has 1 N–H and O–H groups in total. The molecule has 11 heteroatoms. The zero-order valence-electron chi connectivity index (χ0n) is 20.0. The second kappa shape index (κ2) is 9.95. The van der Waals surface area contributed by atoms with Crippen molar-refractivity contribution in [3.05, 3.63) is 48.0 Å². The highest BCUT2D eigenvalue weighted by Gasteiger charge is 2.58. The van der Waals surface area contributed by atoms with Gasteiger partial charge in [0.25, 0.3) is 0 Å². The van der Waals surface area contributed by atoms with Gasteiger partial charge in [0.05, 0.1) is 12.7 Å². The summed E-state index contributed by atoms with van der Waals surface area (Å²) in [6.07, 6.45) is -2.06. The second-order valence-electron chi connectivity index (χ2n) is 8.48. The lowest BCUT2D eigenvalue weighted by Crippen LogP contribution is -2.44. The van der Waals surface area contributed by atoms with Gasteiger partial charge < -0.3 is 19.5 Å². The van der Waals surface area contributed by atoms with Crippen LogP contribution >= 0.6 is 0 Å². The Kier molecular flexibility index (Phi) is 6.97. The van der Waals surface area contributed by atoms with Crippen LogP contribution in [-0.4, -0.2) is 63.0 Å². The summed E-state index contributed by atoms with van der Waals surface area (Å²) < 4.78 is 34.6. The van der Waals surface area contributed by atoms with Crippen LogP contribution in [0, 0.1) is 6.92 Å². The topological polar surface area (TPSA) is 117 Å². The lowest BCUT2D eigenvalue weighted by Gasteiger charge is -2.27. The molecule has 0 aliphatic carbocycles. The number of rotatable bonds is 8. The molecule has 0 spiro atoms. The van der Waals surface area contributed by atoms with Crippen LogP contribution in [0.25, 0.3) is 11.2 Å². The third-order valence-electron chi connectivity index (χ3n) is 5.85. The highest BCUT2D eigenvalue weighted by molar-refractivity contribution is 5.83. The van der Waals surface area contributed by atoms with E-state index in [1.54, 1.807) is 33.0 Å². The molecule has 0 radical (unpaired) electrons. The maximum Gasteiger partial charge on any atom is 0.310 e. The van der Waals surface area contributed by atoms with Gasteiger partial charge in [0, 0.05) is 13.5 Å². The monoisotopic (exact) mass is 485 g/mol. The molecular weight excluding hydrogens is 457 g/mol. The molecule has 0 unspecified atom stereocenters. The molecule has 2 aromatic heterocycles. The number of aromatic nitrogens is 4. The first kappa shape index (κ1) is 24.5. The first-order chi connectivity index (χ1) is 16.7. The Morgan fingerprint density at radius 1 is 1.23 bits per heavy atom. The molecule has 0 saturated carbocycles. The Balaban J connectivity index is 1.60. The fraction of sp³-hybridized carbons (Fsp3) is 0.458. The van der Waals surface area contributed by atoms with E-state index in [4.69, 9.17) is 14.2 Å². The summed E-state index contributed by atoms with van der Waals surface area (Å²) in [5, 5.41) is 2.95. The number of fused-ring (bicyclic) bond motifs is 1. The molecule has 186 valence electrons. The average molecular weight is 486 g/mol. The van der Waals surface area contributed by atoms with Crippen LogP contribution in [0.1, 0.15) is 37.9 Å². The highest BCUT2D eigenvalue weighted by atomic mass is 19.1. The first-order valence-corrected chi connectivity index (χ1v) is 11.4. The Bertz CT molecular complexity index is 1220. The van der Waals surface area contributed by atoms with Gasteiger partial charge in [0.2, 0.25) is 0 Å². The number of nitrogens with zero attached hydrogens (tertiary/aromatic N) is 4. The van der Waals surface area contributed by atoms with Gasteiger partial charge in [-0.05, 0) is 19.4 Å². The predicted octanol–water partition coefficient (Wildman–Crippen LogP) is 2.91. The minimum Gasteiger partial charge on any atom is -0.463 e. The molecule has 0 bridgehead atoms. The minimum absolute atomic E-state index is 0.0540. The number of aryl methyl sites for hydroxylation is 1. The highest BCUT2D eigenvalue weighted by Crippen LogP contribution is 2.44. The Labute approximate surface area is 201 Å². The first-order valence-electron chi connectivity index (χ1n) is 11.4. The number of alkyl halides is 1. The van der Waals surface area contributed by atoms with E-state index in [1.165, 1.54) is 17.8 Å². The molecule has 3 aromatic rings. The van der Waals surface area contributed by atoms with Crippen molar-refractivity contribution >= 4 is 28.9 Å². The van der Waals surface area contributed by atoms with Crippen molar-refractivity contribution in [2.24, 2.45) is 0 Å². The number of anilines is 1. The zero-order valence-corrected chi connectivity index (χ0v) is 20.0. The molecular formula is C24H28FN5O5. The lowest BCUT2D eigenvalue weighted by atomic mass is 9.98. The predicted molar refractivity (Wildman–Crippen MR) is 124 cm³/mol. The molecule has 1 fully saturated rings. The number of imidazole rings is 1. The Hall–Kier alpha value is -3.60. The molecule has 3 heterocycles. The van der Waals surface area contributed by atoms with E-state index in [0.717, 1.165) is 5.56 Å². The summed E-state index contributed by atoms with van der Waals surface area (Å²) in [5.41, 5.74) is -0.587. The summed E-state index contributed by atoms with van der Waals surface area (Å²) in [5.74, 6) is -0.137. The van der Waals surface area contributed by atoms with Crippen LogP contribution in [0.4, 0.5) is 10.2 Å². The number of hydrogen-bond acceptors (Lipinski definition) is 9. The summed E-state index contributed by atoms with van der Waals surface area (Å²) in [6.45, 7) is 4.33. The lowest BCUT2D eigenvalue weighted by molar-refractivity contribution is -0.160. The molecule has 0 amide bonds. The van der Waals surface area contributed by atoms with Crippen LogP contribution in [-0.2, 0) is 30.2 Å². The number of nitrogens with one attached hydrogen (secondary N) is 1. The van der Waals surface area contributed by atoms with E-state index in [9.17, 15) is 9.59 Å². The van der Waals surface area contributed by atoms with E-state index in [1.807, 2.05) is 18.2 Å². The normalized spacial score (nSPS) is 23.9. The van der Waals surface area contributed by atoms with Crippen LogP contribution in [0.2, 0.25) is 0 Å². The van der Waals surface area contributed by atoms with Gasteiger partial charge in [-0.15, -0.1) is 0 Å². The quantitative estimate of drug-likeness (QED) is 0.481. The Morgan fingerprint density at radius 2 is 1.97 bits per heavy atom. The minimum atomic E-state index is -2.17. The van der Waals surface area contributed by atoms with Gasteiger partial charge in [-0.25, -0.2) is 19.3 Å². The van der Waals surface area contributed by atoms with Crippen LogP contribution < -0.4 is 5.32 Å². The Morgan fingerprint density at radius 3 is 2.66 bits per heavy atom. The summed E-state index contributed by atoms with van der Waals surface area (Å²) >= 11 is 0. The van der Waals surface area contributed by atoms with Gasteiger partial charge in [0.1, 0.15) is 18.5 Å².